The van der Waals surface area contributed by atoms with E-state index in [0.29, 0.717) is 12.3 Å². The van der Waals surface area contributed by atoms with E-state index in [4.69, 9.17) is 0 Å². The summed E-state index contributed by atoms with van der Waals surface area (Å²) >= 11 is 0. The Morgan fingerprint density at radius 1 is 1.62 bits per heavy atom. The molecule has 1 heterocycles. The summed E-state index contributed by atoms with van der Waals surface area (Å²) in [6.45, 7) is 1.71. The van der Waals surface area contributed by atoms with E-state index >= 15 is 0 Å². The molecule has 6 nitrogen and oxygen atoms in total. The molecule has 6 heteroatoms. The Bertz CT molecular complexity index is 251. The first-order chi connectivity index (χ1) is 7.63. The Kier molecular flexibility index (Phi) is 5.21. The fourth-order valence-corrected chi connectivity index (χ4v) is 1.65. The maximum atomic E-state index is 11.4. The number of ether oxygens (including phenoxy) is 1. The highest BCUT2D eigenvalue weighted by atomic mass is 16.5. The van der Waals surface area contributed by atoms with Gasteiger partial charge in [0.05, 0.1) is 13.7 Å². The molecule has 0 aromatic rings. The van der Waals surface area contributed by atoms with Gasteiger partial charge in [-0.3, -0.25) is 4.79 Å². The summed E-state index contributed by atoms with van der Waals surface area (Å²) in [5.74, 6) is -0.519. The Hall–Kier alpha value is -1.14. The highest BCUT2D eigenvalue weighted by Crippen LogP contribution is 2.11. The molecule has 0 aliphatic carbocycles. The van der Waals surface area contributed by atoms with Crippen molar-refractivity contribution in [1.29, 1.82) is 0 Å². The van der Waals surface area contributed by atoms with Gasteiger partial charge in [-0.05, 0) is 25.4 Å². The number of amides is 1. The fraction of sp³-hybridized carbons (Fsp3) is 0.800. The zero-order chi connectivity index (χ0) is 12.0. The monoisotopic (exact) mass is 230 g/mol. The third-order valence-corrected chi connectivity index (χ3v) is 2.60. The van der Waals surface area contributed by atoms with Crippen molar-refractivity contribution in [3.05, 3.63) is 0 Å². The van der Waals surface area contributed by atoms with E-state index in [1.165, 1.54) is 7.11 Å². The first kappa shape index (κ1) is 12.9. The molecule has 1 aliphatic heterocycles. The van der Waals surface area contributed by atoms with E-state index < -0.39 is 12.1 Å². The maximum Gasteiger partial charge on any atom is 0.336 e. The lowest BCUT2D eigenvalue weighted by atomic mass is 10.0. The third kappa shape index (κ3) is 4.16. The van der Waals surface area contributed by atoms with Gasteiger partial charge >= 0.3 is 5.97 Å². The van der Waals surface area contributed by atoms with Gasteiger partial charge in [-0.25, -0.2) is 4.79 Å². The lowest BCUT2D eigenvalue weighted by Gasteiger charge is -2.11. The Morgan fingerprint density at radius 3 is 2.94 bits per heavy atom. The van der Waals surface area contributed by atoms with Crippen LogP contribution in [0.1, 0.15) is 12.8 Å². The standard InChI is InChI=1S/C10H18N2O4/c1-16-10(15)8(13)6-12-9(14)4-7-2-3-11-5-7/h7-8,11,13H,2-6H2,1H3,(H,12,14). The second kappa shape index (κ2) is 6.44. The van der Waals surface area contributed by atoms with Crippen LogP contribution in [0.5, 0.6) is 0 Å². The molecule has 1 saturated heterocycles. The summed E-state index contributed by atoms with van der Waals surface area (Å²) in [7, 11) is 1.19. The number of rotatable bonds is 5. The Morgan fingerprint density at radius 2 is 2.38 bits per heavy atom. The molecule has 0 aromatic heterocycles. The molecule has 0 aromatic carbocycles. The molecule has 92 valence electrons. The summed E-state index contributed by atoms with van der Waals surface area (Å²) in [6.07, 6.45) is 0.143. The van der Waals surface area contributed by atoms with Crippen molar-refractivity contribution >= 4 is 11.9 Å². The van der Waals surface area contributed by atoms with Crippen molar-refractivity contribution in [2.75, 3.05) is 26.7 Å². The molecular weight excluding hydrogens is 212 g/mol. The Balaban J connectivity index is 2.16. The lowest BCUT2D eigenvalue weighted by molar-refractivity contribution is -0.150. The second-order valence-electron chi connectivity index (χ2n) is 3.91. The van der Waals surface area contributed by atoms with Crippen molar-refractivity contribution in [1.82, 2.24) is 10.6 Å². The third-order valence-electron chi connectivity index (χ3n) is 2.60. The summed E-state index contributed by atoms with van der Waals surface area (Å²) in [5, 5.41) is 14.9. The van der Waals surface area contributed by atoms with E-state index in [1.54, 1.807) is 0 Å². The summed E-state index contributed by atoms with van der Waals surface area (Å²) in [5.41, 5.74) is 0. The highest BCUT2D eigenvalue weighted by molar-refractivity contribution is 5.78. The largest absolute Gasteiger partial charge is 0.467 e. The van der Waals surface area contributed by atoms with Gasteiger partial charge in [0, 0.05) is 6.42 Å². The predicted molar refractivity (Wildman–Crippen MR) is 56.6 cm³/mol. The first-order valence-corrected chi connectivity index (χ1v) is 5.36. The van der Waals surface area contributed by atoms with Crippen molar-refractivity contribution in [2.45, 2.75) is 18.9 Å². The average Bonchev–Trinajstić information content (AvgIpc) is 2.77. The quantitative estimate of drug-likeness (QED) is 0.508. The van der Waals surface area contributed by atoms with Gasteiger partial charge in [0.1, 0.15) is 0 Å². The number of methoxy groups -OCH3 is 1. The lowest BCUT2D eigenvalue weighted by Crippen LogP contribution is -2.37. The number of carbonyl (C=O) groups is 2. The molecular formula is C10H18N2O4. The minimum Gasteiger partial charge on any atom is -0.467 e. The molecule has 0 saturated carbocycles. The van der Waals surface area contributed by atoms with Crippen molar-refractivity contribution in [3.8, 4) is 0 Å². The smallest absolute Gasteiger partial charge is 0.336 e. The summed E-state index contributed by atoms with van der Waals surface area (Å²) < 4.78 is 4.33. The summed E-state index contributed by atoms with van der Waals surface area (Å²) in [4.78, 5) is 22.2. The van der Waals surface area contributed by atoms with Gasteiger partial charge in [0.25, 0.3) is 0 Å². The van der Waals surface area contributed by atoms with Crippen molar-refractivity contribution in [3.63, 3.8) is 0 Å². The van der Waals surface area contributed by atoms with Crippen LogP contribution in [-0.2, 0) is 14.3 Å². The van der Waals surface area contributed by atoms with Crippen molar-refractivity contribution < 1.29 is 19.4 Å². The molecule has 0 bridgehead atoms. The number of hydrogen-bond donors (Lipinski definition) is 3. The van der Waals surface area contributed by atoms with Gasteiger partial charge in [-0.1, -0.05) is 0 Å². The normalized spacial score (nSPS) is 21.5. The van der Waals surface area contributed by atoms with E-state index in [2.05, 4.69) is 15.4 Å². The molecule has 1 rings (SSSR count). The maximum absolute atomic E-state index is 11.4. The Labute approximate surface area is 94.3 Å². The van der Waals surface area contributed by atoms with Crippen LogP contribution in [0.3, 0.4) is 0 Å². The molecule has 0 radical (unpaired) electrons. The zero-order valence-corrected chi connectivity index (χ0v) is 9.36. The van der Waals surface area contributed by atoms with Crippen LogP contribution < -0.4 is 10.6 Å². The topological polar surface area (TPSA) is 87.7 Å². The van der Waals surface area contributed by atoms with Crippen LogP contribution in [0, 0.1) is 5.92 Å². The van der Waals surface area contributed by atoms with E-state index in [-0.39, 0.29) is 12.5 Å². The van der Waals surface area contributed by atoms with Gasteiger partial charge in [0.2, 0.25) is 5.91 Å². The molecule has 1 fully saturated rings. The number of hydrogen-bond acceptors (Lipinski definition) is 5. The zero-order valence-electron chi connectivity index (χ0n) is 9.36. The highest BCUT2D eigenvalue weighted by Gasteiger charge is 2.20. The second-order valence-corrected chi connectivity index (χ2v) is 3.91. The molecule has 3 N–H and O–H groups in total. The predicted octanol–water partition coefficient (Wildman–Crippen LogP) is -1.36. The van der Waals surface area contributed by atoms with Crippen LogP contribution in [0.2, 0.25) is 0 Å². The van der Waals surface area contributed by atoms with E-state index in [9.17, 15) is 14.7 Å². The van der Waals surface area contributed by atoms with Crippen LogP contribution >= 0.6 is 0 Å². The van der Waals surface area contributed by atoms with E-state index in [1.807, 2.05) is 0 Å². The van der Waals surface area contributed by atoms with Crippen LogP contribution in [0.15, 0.2) is 0 Å². The first-order valence-electron chi connectivity index (χ1n) is 5.36. The number of esters is 1. The van der Waals surface area contributed by atoms with Crippen LogP contribution in [0.25, 0.3) is 0 Å². The molecule has 0 spiro atoms. The molecule has 1 amide bonds. The minimum absolute atomic E-state index is 0.0916. The molecule has 2 atom stereocenters. The van der Waals surface area contributed by atoms with Gasteiger partial charge in [-0.2, -0.15) is 0 Å². The SMILES string of the molecule is COC(=O)C(O)CNC(=O)CC1CCNC1. The number of aliphatic hydroxyl groups excluding tert-OH is 1. The van der Waals surface area contributed by atoms with Crippen molar-refractivity contribution in [2.24, 2.45) is 5.92 Å². The number of nitrogens with one attached hydrogen (secondary N) is 2. The van der Waals surface area contributed by atoms with Crippen LogP contribution in [-0.4, -0.2) is 49.8 Å². The molecule has 2 unspecified atom stereocenters. The minimum atomic E-state index is -1.28. The molecule has 16 heavy (non-hydrogen) atoms. The fourth-order valence-electron chi connectivity index (χ4n) is 1.65. The number of aliphatic hydroxyl groups is 1. The summed E-state index contributed by atoms with van der Waals surface area (Å²) in [6, 6.07) is 0. The van der Waals surface area contributed by atoms with Gasteiger partial charge in [0.15, 0.2) is 6.10 Å². The van der Waals surface area contributed by atoms with E-state index in [0.717, 1.165) is 19.5 Å². The molecule has 1 aliphatic rings. The number of carbonyl (C=O) groups excluding carboxylic acids is 2. The average molecular weight is 230 g/mol. The van der Waals surface area contributed by atoms with Gasteiger partial charge < -0.3 is 20.5 Å². The van der Waals surface area contributed by atoms with Crippen LogP contribution in [0.4, 0.5) is 0 Å². The van der Waals surface area contributed by atoms with Gasteiger partial charge in [-0.15, -0.1) is 0 Å².